The number of aliphatic hydroxyl groups is 2. The number of nitriles is 2. The van der Waals surface area contributed by atoms with Crippen molar-refractivity contribution in [1.82, 2.24) is 29.2 Å². The summed E-state index contributed by atoms with van der Waals surface area (Å²) in [5.74, 6) is -0.531. The van der Waals surface area contributed by atoms with Gasteiger partial charge in [-0.05, 0) is 75.9 Å². The Hall–Kier alpha value is -4.93. The van der Waals surface area contributed by atoms with E-state index >= 15 is 0 Å². The van der Waals surface area contributed by atoms with Gasteiger partial charge in [0, 0.05) is 26.4 Å². The lowest BCUT2D eigenvalue weighted by Gasteiger charge is -2.29. The van der Waals surface area contributed by atoms with Crippen LogP contribution in [-0.2, 0) is 66.8 Å². The average Bonchev–Trinajstić information content (AvgIpc) is 1.56. The number of unbranched alkanes of at least 4 members (excludes halogenated alkanes) is 26. The van der Waals surface area contributed by atoms with Crippen LogP contribution in [0.5, 0.6) is 5.75 Å². The number of anilines is 2. The molecule has 2 unspecified atom stereocenters. The Morgan fingerprint density at radius 3 is 1.45 bits per heavy atom. The summed E-state index contributed by atoms with van der Waals surface area (Å²) in [5.41, 5.74) is 9.58. The summed E-state index contributed by atoms with van der Waals surface area (Å²) >= 11 is 6.35. The van der Waals surface area contributed by atoms with Gasteiger partial charge < -0.3 is 59.5 Å². The SMILES string of the molecule is CCCCCCCCCCCCCCCCOCCCOP(=O)(O)OC[C@H]1O[C@@](C#N)(c2ccc3c(N)ncnn23)[C@H](O)[C@@H]1O.CCCCCCCCCCCCCCCCOCCCOP(=O)(OC[C@H]1O[C@@](C#N)(c2ccc3c(N)ncnn23)[C@@H]2OC(C)(C)O[C@@H]21)Oc1ccccc1Cl. The lowest BCUT2D eigenvalue weighted by Crippen LogP contribution is -2.41. The summed E-state index contributed by atoms with van der Waals surface area (Å²) in [6.45, 7) is 9.20. The van der Waals surface area contributed by atoms with Crippen LogP contribution >= 0.6 is 27.2 Å². The zero-order valence-corrected chi connectivity index (χ0v) is 61.8. The molecule has 1 aromatic carbocycles. The maximum atomic E-state index is 14.2. The number of hydrogen-bond donors (Lipinski definition) is 5. The Morgan fingerprint density at radius 1 is 0.540 bits per heavy atom. The predicted molar refractivity (Wildman–Crippen MR) is 380 cm³/mol. The summed E-state index contributed by atoms with van der Waals surface area (Å²) in [4.78, 5) is 18.0. The number of benzene rings is 1. The number of nitrogens with zero attached hydrogens (tertiary/aromatic N) is 8. The number of nitrogens with two attached hydrogens (primary N) is 2. The fourth-order valence-electron chi connectivity index (χ4n) is 12.8. The molecule has 3 aliphatic rings. The van der Waals surface area contributed by atoms with Crippen molar-refractivity contribution in [3.05, 3.63) is 77.6 Å². The number of aliphatic hydroxyl groups excluding tert-OH is 2. The zero-order valence-electron chi connectivity index (χ0n) is 59.3. The number of halogens is 1. The van der Waals surface area contributed by atoms with E-state index in [0.29, 0.717) is 56.0 Å². The van der Waals surface area contributed by atoms with E-state index in [1.807, 2.05) is 6.07 Å². The summed E-state index contributed by atoms with van der Waals surface area (Å²) in [6, 6.07) is 17.2. The maximum absolute atomic E-state index is 14.2. The normalized spacial score (nSPS) is 22.9. The number of fused-ring (bicyclic) bond motifs is 3. The van der Waals surface area contributed by atoms with Crippen LogP contribution in [0.1, 0.15) is 232 Å². The first kappa shape index (κ1) is 82.4. The second kappa shape index (κ2) is 42.7. The van der Waals surface area contributed by atoms with Gasteiger partial charge in [-0.3, -0.25) is 18.1 Å². The molecule has 4 aromatic heterocycles. The molecule has 5 aromatic rings. The van der Waals surface area contributed by atoms with Crippen molar-refractivity contribution < 1.29 is 75.3 Å². The zero-order chi connectivity index (χ0) is 71.7. The molecule has 7 N–H and O–H groups in total. The van der Waals surface area contributed by atoms with E-state index in [9.17, 15) is 34.8 Å². The molecule has 558 valence electrons. The number of phosphoric acid groups is 2. The quantitative estimate of drug-likeness (QED) is 0.0178. The van der Waals surface area contributed by atoms with Crippen molar-refractivity contribution >= 4 is 49.9 Å². The van der Waals surface area contributed by atoms with Gasteiger partial charge in [0.1, 0.15) is 78.2 Å². The number of rotatable bonds is 50. The van der Waals surface area contributed by atoms with Crippen molar-refractivity contribution in [1.29, 1.82) is 10.5 Å². The van der Waals surface area contributed by atoms with E-state index in [1.54, 1.807) is 56.3 Å². The van der Waals surface area contributed by atoms with Crippen molar-refractivity contribution in [2.75, 3.05) is 64.3 Å². The van der Waals surface area contributed by atoms with Gasteiger partial charge in [-0.25, -0.2) is 28.1 Å². The molecule has 10 atom stereocenters. The van der Waals surface area contributed by atoms with Crippen molar-refractivity contribution in [2.45, 2.75) is 274 Å². The van der Waals surface area contributed by atoms with Crippen LogP contribution in [0.3, 0.4) is 0 Å². The Bertz CT molecular complexity index is 3380. The molecule has 100 heavy (non-hydrogen) atoms. The third kappa shape index (κ3) is 24.6. The third-order valence-electron chi connectivity index (χ3n) is 18.2. The number of hydrogen-bond acceptors (Lipinski definition) is 23. The molecule has 3 saturated heterocycles. The molecule has 3 fully saturated rings. The van der Waals surface area contributed by atoms with Crippen LogP contribution < -0.4 is 16.0 Å². The highest BCUT2D eigenvalue weighted by Crippen LogP contribution is 2.54. The first-order valence-electron chi connectivity index (χ1n) is 36.5. The number of phosphoric ester groups is 2. The summed E-state index contributed by atoms with van der Waals surface area (Å²) < 4.78 is 93.0. The minimum Gasteiger partial charge on any atom is -0.402 e. The topological polar surface area (TPSA) is 356 Å². The molecule has 0 bridgehead atoms. The maximum Gasteiger partial charge on any atom is 0.530 e. The van der Waals surface area contributed by atoms with Crippen LogP contribution in [-0.4, -0.2) is 140 Å². The predicted octanol–water partition coefficient (Wildman–Crippen LogP) is 14.9. The van der Waals surface area contributed by atoms with Crippen LogP contribution in [0.4, 0.5) is 11.6 Å². The standard InChI is InChI=1S/C40H59ClN5O8P.C31H52N5O8P/c1-4-5-6-7-8-9-10-11-12-13-14-15-16-19-25-48-26-20-27-49-55(47,54-33-22-18-17-21-31(33)41)50-28-34-36-37(53-39(2,3)52-36)40(29-42,51-34)35-24-23-32-38(43)44-30-45-46(32)35;1-2-3-4-5-6-7-8-9-10-11-12-13-14-15-19-41-20-16-21-42-45(39,40)43-22-26-28(37)29(38)31(23-32,44-26)27-18-17-25-30(33)34-24-35-36(25)27/h17-18,21-24,30,34,36-37H,4-16,19-20,25-28H2,1-3H3,(H2,43,44,45);17-18,24,26,28-29,37-38H,2-16,19-22H2,1H3,(H,39,40)(H2,33,34,35)/t34-,36-,37-,40+,55?;26-,28-,29-,31+/m11/s1. The second-order valence-electron chi connectivity index (χ2n) is 26.6. The Balaban J connectivity index is 0.000000287. The van der Waals surface area contributed by atoms with Gasteiger partial charge in [-0.15, -0.1) is 0 Å². The Kier molecular flexibility index (Phi) is 35.2. The number of ether oxygens (including phenoxy) is 6. The lowest BCUT2D eigenvalue weighted by molar-refractivity contribution is -0.204. The van der Waals surface area contributed by atoms with Gasteiger partial charge in [0.05, 0.1) is 42.8 Å². The van der Waals surface area contributed by atoms with Gasteiger partial charge in [-0.1, -0.05) is 205 Å². The van der Waals surface area contributed by atoms with Crippen molar-refractivity contribution in [3.63, 3.8) is 0 Å². The molecule has 0 saturated carbocycles. The molecule has 3 aliphatic heterocycles. The Labute approximate surface area is 595 Å². The first-order valence-corrected chi connectivity index (χ1v) is 39.9. The molecule has 26 nitrogen and oxygen atoms in total. The van der Waals surface area contributed by atoms with Crippen LogP contribution in [0, 0.1) is 22.7 Å². The van der Waals surface area contributed by atoms with Gasteiger partial charge >= 0.3 is 15.6 Å². The van der Waals surface area contributed by atoms with Crippen LogP contribution in [0.15, 0.2) is 61.2 Å². The lowest BCUT2D eigenvalue weighted by atomic mass is 9.92. The van der Waals surface area contributed by atoms with E-state index in [2.05, 4.69) is 40.1 Å². The molecular formula is C71H111ClN10O16P2. The third-order valence-corrected chi connectivity index (χ3v) is 20.9. The van der Waals surface area contributed by atoms with Gasteiger partial charge in [0.2, 0.25) is 11.2 Å². The van der Waals surface area contributed by atoms with Crippen molar-refractivity contribution in [2.24, 2.45) is 0 Å². The first-order chi connectivity index (χ1) is 48.4. The molecule has 0 radical (unpaired) electrons. The Morgan fingerprint density at radius 2 is 0.970 bits per heavy atom. The number of nitrogen functional groups attached to an aromatic ring is 2. The average molecular weight is 1460 g/mol. The second-order valence-corrected chi connectivity index (χ2v) is 30.1. The largest absolute Gasteiger partial charge is 0.530 e. The van der Waals surface area contributed by atoms with E-state index < -0.39 is 75.9 Å². The van der Waals surface area contributed by atoms with Crippen molar-refractivity contribution in [3.8, 4) is 17.9 Å². The highest BCUT2D eigenvalue weighted by atomic mass is 35.5. The summed E-state index contributed by atoms with van der Waals surface area (Å²) in [5, 5.41) is 50.6. The minimum absolute atomic E-state index is 0.0457. The van der Waals surface area contributed by atoms with Gasteiger partial charge in [-0.2, -0.15) is 20.7 Å². The van der Waals surface area contributed by atoms with E-state index in [1.165, 1.54) is 182 Å². The number of para-hydroxylation sites is 1. The molecule has 0 amide bonds. The summed E-state index contributed by atoms with van der Waals surface area (Å²) in [7, 11) is -8.77. The molecule has 8 rings (SSSR count). The van der Waals surface area contributed by atoms with E-state index in [-0.39, 0.29) is 47.9 Å². The van der Waals surface area contributed by atoms with E-state index in [4.69, 9.17) is 74.1 Å². The molecule has 7 heterocycles. The monoisotopic (exact) mass is 1460 g/mol. The smallest absolute Gasteiger partial charge is 0.402 e. The highest BCUT2D eigenvalue weighted by molar-refractivity contribution is 7.49. The highest BCUT2D eigenvalue weighted by Gasteiger charge is 2.66. The minimum atomic E-state index is -4.49. The van der Waals surface area contributed by atoms with Gasteiger partial charge in [0.15, 0.2) is 17.4 Å². The number of aromatic nitrogens is 6. The molecule has 0 spiro atoms. The van der Waals surface area contributed by atoms with Crippen LogP contribution in [0.25, 0.3) is 11.0 Å². The summed E-state index contributed by atoms with van der Waals surface area (Å²) in [6.07, 6.45) is 32.6. The van der Waals surface area contributed by atoms with Crippen LogP contribution in [0.2, 0.25) is 5.02 Å². The fraction of sp³-hybridized carbons (Fsp3) is 0.718. The molecule has 0 aliphatic carbocycles. The molecular weight excluding hydrogens is 1350 g/mol. The van der Waals surface area contributed by atoms with E-state index in [0.717, 1.165) is 25.7 Å². The molecule has 29 heteroatoms. The fourth-order valence-corrected chi connectivity index (χ4v) is 15.1. The van der Waals surface area contributed by atoms with Gasteiger partial charge in [0.25, 0.3) is 0 Å².